The average molecular weight is 447 g/mol. The van der Waals surface area contributed by atoms with Gasteiger partial charge >= 0.3 is 6.03 Å². The molecule has 0 saturated heterocycles. The van der Waals surface area contributed by atoms with Crippen molar-refractivity contribution >= 4 is 17.1 Å². The van der Waals surface area contributed by atoms with E-state index in [0.717, 1.165) is 22.4 Å². The van der Waals surface area contributed by atoms with Gasteiger partial charge in [0.15, 0.2) is 11.5 Å². The molecule has 33 heavy (non-hydrogen) atoms. The third-order valence-electron chi connectivity index (χ3n) is 5.21. The number of imidazole rings is 1. The standard InChI is InChI=1S/C24H25N5O4/c1-32-21-9-8-17(11-22(21)33-2)20(30)14-27-24(31)26-13-16-7-10-23(25-12-16)29-15-28-18-5-3-4-6-19(18)29/h3-12,15,20,30H,13-14H2,1-2H3,(H2,26,27,31). The number of amides is 2. The van der Waals surface area contributed by atoms with E-state index in [-0.39, 0.29) is 12.6 Å². The van der Waals surface area contributed by atoms with Crippen LogP contribution in [0.2, 0.25) is 0 Å². The predicted octanol–water partition coefficient (Wildman–Crippen LogP) is 2.97. The van der Waals surface area contributed by atoms with Crippen molar-refractivity contribution in [3.05, 3.63) is 78.2 Å². The number of methoxy groups -OCH3 is 2. The Balaban J connectivity index is 1.29. The summed E-state index contributed by atoms with van der Waals surface area (Å²) in [7, 11) is 3.07. The van der Waals surface area contributed by atoms with E-state index in [2.05, 4.69) is 20.6 Å². The summed E-state index contributed by atoms with van der Waals surface area (Å²) >= 11 is 0. The molecule has 4 aromatic rings. The van der Waals surface area contributed by atoms with Gasteiger partial charge in [-0.25, -0.2) is 14.8 Å². The molecule has 0 aliphatic heterocycles. The number of benzene rings is 2. The summed E-state index contributed by atoms with van der Waals surface area (Å²) in [4.78, 5) is 21.0. The fourth-order valence-electron chi connectivity index (χ4n) is 3.42. The van der Waals surface area contributed by atoms with Crippen LogP contribution < -0.4 is 20.1 Å². The highest BCUT2D eigenvalue weighted by atomic mass is 16.5. The minimum Gasteiger partial charge on any atom is -0.493 e. The van der Waals surface area contributed by atoms with Gasteiger partial charge in [-0.05, 0) is 41.5 Å². The molecule has 2 aromatic heterocycles. The van der Waals surface area contributed by atoms with Crippen molar-refractivity contribution in [3.8, 4) is 17.3 Å². The van der Waals surface area contributed by atoms with Gasteiger partial charge in [-0.1, -0.05) is 24.3 Å². The van der Waals surface area contributed by atoms with Crippen LogP contribution >= 0.6 is 0 Å². The fraction of sp³-hybridized carbons (Fsp3) is 0.208. The van der Waals surface area contributed by atoms with Crippen LogP contribution in [0.25, 0.3) is 16.9 Å². The van der Waals surface area contributed by atoms with Crippen LogP contribution in [0.4, 0.5) is 4.79 Å². The second-order valence-corrected chi connectivity index (χ2v) is 7.32. The molecular weight excluding hydrogens is 422 g/mol. The van der Waals surface area contributed by atoms with Crippen LogP contribution in [-0.2, 0) is 6.54 Å². The van der Waals surface area contributed by atoms with Crippen molar-refractivity contribution < 1.29 is 19.4 Å². The van der Waals surface area contributed by atoms with E-state index in [1.165, 1.54) is 7.11 Å². The number of hydrogen-bond acceptors (Lipinski definition) is 6. The highest BCUT2D eigenvalue weighted by molar-refractivity contribution is 5.76. The van der Waals surface area contributed by atoms with Crippen LogP contribution in [-0.4, -0.2) is 46.4 Å². The Labute approximate surface area is 191 Å². The van der Waals surface area contributed by atoms with Crippen molar-refractivity contribution in [3.63, 3.8) is 0 Å². The molecule has 0 aliphatic carbocycles. The number of urea groups is 1. The van der Waals surface area contributed by atoms with Gasteiger partial charge in [0.25, 0.3) is 0 Å². The van der Waals surface area contributed by atoms with Gasteiger partial charge < -0.3 is 25.2 Å². The molecule has 3 N–H and O–H groups in total. The molecule has 1 atom stereocenters. The quantitative estimate of drug-likeness (QED) is 0.383. The number of carbonyl (C=O) groups excluding carboxylic acids is 1. The predicted molar refractivity (Wildman–Crippen MR) is 124 cm³/mol. The van der Waals surface area contributed by atoms with E-state index in [0.29, 0.717) is 23.6 Å². The van der Waals surface area contributed by atoms with Gasteiger partial charge in [-0.3, -0.25) is 4.57 Å². The number of pyridine rings is 1. The van der Waals surface area contributed by atoms with Crippen LogP contribution in [0, 0.1) is 0 Å². The number of hydrogen-bond donors (Lipinski definition) is 3. The van der Waals surface area contributed by atoms with Crippen LogP contribution in [0.15, 0.2) is 67.1 Å². The van der Waals surface area contributed by atoms with E-state index in [4.69, 9.17) is 9.47 Å². The third kappa shape index (κ3) is 5.04. The van der Waals surface area contributed by atoms with Gasteiger partial charge in [0, 0.05) is 19.3 Å². The monoisotopic (exact) mass is 447 g/mol. The van der Waals surface area contributed by atoms with Gasteiger partial charge in [0.1, 0.15) is 12.1 Å². The van der Waals surface area contributed by atoms with Crippen molar-refractivity contribution in [2.24, 2.45) is 0 Å². The second-order valence-electron chi connectivity index (χ2n) is 7.32. The lowest BCUT2D eigenvalue weighted by atomic mass is 10.1. The van der Waals surface area contributed by atoms with Gasteiger partial charge in [-0.2, -0.15) is 0 Å². The van der Waals surface area contributed by atoms with Crippen molar-refractivity contribution in [1.29, 1.82) is 0 Å². The first-order chi connectivity index (χ1) is 16.1. The molecule has 4 rings (SSSR count). The molecule has 9 nitrogen and oxygen atoms in total. The van der Waals surface area contributed by atoms with Gasteiger partial charge in [0.05, 0.1) is 31.4 Å². The maximum atomic E-state index is 12.2. The molecule has 9 heteroatoms. The highest BCUT2D eigenvalue weighted by Gasteiger charge is 2.13. The number of fused-ring (bicyclic) bond motifs is 1. The number of para-hydroxylation sites is 2. The lowest BCUT2D eigenvalue weighted by Crippen LogP contribution is -2.37. The normalized spacial score (nSPS) is 11.7. The van der Waals surface area contributed by atoms with Crippen LogP contribution in [0.3, 0.4) is 0 Å². The molecule has 170 valence electrons. The van der Waals surface area contributed by atoms with Crippen molar-refractivity contribution in [2.45, 2.75) is 12.6 Å². The minimum atomic E-state index is -0.887. The number of aromatic nitrogens is 3. The maximum Gasteiger partial charge on any atom is 0.315 e. The zero-order chi connectivity index (χ0) is 23.2. The Morgan fingerprint density at radius 1 is 1.03 bits per heavy atom. The first-order valence-corrected chi connectivity index (χ1v) is 10.4. The molecule has 0 radical (unpaired) electrons. The van der Waals surface area contributed by atoms with E-state index in [1.807, 2.05) is 41.0 Å². The molecular formula is C24H25N5O4. The van der Waals surface area contributed by atoms with E-state index >= 15 is 0 Å². The Morgan fingerprint density at radius 3 is 2.61 bits per heavy atom. The number of carbonyl (C=O) groups is 1. The molecule has 2 heterocycles. The van der Waals surface area contributed by atoms with Gasteiger partial charge in [-0.15, -0.1) is 0 Å². The molecule has 2 amide bonds. The number of nitrogens with zero attached hydrogens (tertiary/aromatic N) is 3. The molecule has 1 unspecified atom stereocenters. The van der Waals surface area contributed by atoms with E-state index < -0.39 is 6.10 Å². The summed E-state index contributed by atoms with van der Waals surface area (Å²) < 4.78 is 12.4. The molecule has 0 aliphatic rings. The molecule has 0 spiro atoms. The van der Waals surface area contributed by atoms with Crippen LogP contribution in [0.5, 0.6) is 11.5 Å². The Hall–Kier alpha value is -4.11. The molecule has 0 bridgehead atoms. The van der Waals surface area contributed by atoms with Crippen LogP contribution in [0.1, 0.15) is 17.2 Å². The fourth-order valence-corrected chi connectivity index (χ4v) is 3.42. The van der Waals surface area contributed by atoms with Crippen molar-refractivity contribution in [1.82, 2.24) is 25.2 Å². The number of aliphatic hydroxyl groups excluding tert-OH is 1. The first-order valence-electron chi connectivity index (χ1n) is 10.4. The molecule has 2 aromatic carbocycles. The summed E-state index contributed by atoms with van der Waals surface area (Å²) in [5.41, 5.74) is 3.33. The number of nitrogens with one attached hydrogen (secondary N) is 2. The largest absolute Gasteiger partial charge is 0.493 e. The topological polar surface area (TPSA) is 111 Å². The summed E-state index contributed by atoms with van der Waals surface area (Å²) in [5.74, 6) is 1.83. The smallest absolute Gasteiger partial charge is 0.315 e. The first kappa shape index (κ1) is 22.1. The summed E-state index contributed by atoms with van der Waals surface area (Å²) in [6, 6.07) is 16.3. The highest BCUT2D eigenvalue weighted by Crippen LogP contribution is 2.29. The zero-order valence-corrected chi connectivity index (χ0v) is 18.4. The third-order valence-corrected chi connectivity index (χ3v) is 5.21. The van der Waals surface area contributed by atoms with Crippen molar-refractivity contribution in [2.75, 3.05) is 20.8 Å². The Morgan fingerprint density at radius 2 is 1.85 bits per heavy atom. The summed E-state index contributed by atoms with van der Waals surface area (Å²) in [6.07, 6.45) is 2.56. The SMILES string of the molecule is COc1ccc(C(O)CNC(=O)NCc2ccc(-n3cnc4ccccc43)nc2)cc1OC. The zero-order valence-electron chi connectivity index (χ0n) is 18.4. The Bertz CT molecular complexity index is 1240. The number of rotatable bonds is 8. The summed E-state index contributed by atoms with van der Waals surface area (Å²) in [6.45, 7) is 0.350. The number of aliphatic hydroxyl groups is 1. The average Bonchev–Trinajstić information content (AvgIpc) is 3.30. The lowest BCUT2D eigenvalue weighted by molar-refractivity contribution is 0.172. The van der Waals surface area contributed by atoms with E-state index in [9.17, 15) is 9.90 Å². The lowest BCUT2D eigenvalue weighted by Gasteiger charge is -2.15. The van der Waals surface area contributed by atoms with Gasteiger partial charge in [0.2, 0.25) is 0 Å². The van der Waals surface area contributed by atoms with E-state index in [1.54, 1.807) is 37.8 Å². The maximum absolute atomic E-state index is 12.2. The molecule has 0 fully saturated rings. The second kappa shape index (κ2) is 10.0. The molecule has 0 saturated carbocycles. The minimum absolute atomic E-state index is 0.0478. The number of ether oxygens (including phenoxy) is 2. The summed E-state index contributed by atoms with van der Waals surface area (Å²) in [5, 5.41) is 15.8. The Kier molecular flexibility index (Phi) is 6.70.